The van der Waals surface area contributed by atoms with E-state index >= 15 is 0 Å². The monoisotopic (exact) mass is 399 g/mol. The Balaban J connectivity index is 0. The number of carboxylic acids is 1. The SMILES string of the molecule is O.O=C(O)[C@H](O)[C@@H](O)[C@H](O[C@@H]1OC(CO)[C@H](O)[C@@H](O)[C@H]1O)[C@H](O)CO.[Na]. The summed E-state index contributed by atoms with van der Waals surface area (Å²) in [6.07, 6.45) is -16.9. The Labute approximate surface area is 169 Å². The van der Waals surface area contributed by atoms with Gasteiger partial charge in [0, 0.05) is 29.6 Å². The van der Waals surface area contributed by atoms with Gasteiger partial charge in [-0.3, -0.25) is 0 Å². The molecular weight excluding hydrogens is 375 g/mol. The molecule has 151 valence electrons. The second-order valence-electron chi connectivity index (χ2n) is 5.32. The molecule has 1 aliphatic rings. The average Bonchev–Trinajstić information content (AvgIpc) is 2.57. The number of hydrogen-bond donors (Lipinski definition) is 9. The average molecular weight is 399 g/mol. The molecule has 9 atom stereocenters. The number of rotatable bonds is 8. The summed E-state index contributed by atoms with van der Waals surface area (Å²) >= 11 is 0. The van der Waals surface area contributed by atoms with Crippen LogP contribution >= 0.6 is 0 Å². The quantitative estimate of drug-likeness (QED) is 0.173. The summed E-state index contributed by atoms with van der Waals surface area (Å²) in [5.74, 6) is -1.84. The Kier molecular flexibility index (Phi) is 13.6. The van der Waals surface area contributed by atoms with E-state index in [1.807, 2.05) is 0 Å². The molecule has 1 radical (unpaired) electrons. The van der Waals surface area contributed by atoms with Gasteiger partial charge in [0.25, 0.3) is 0 Å². The number of aliphatic carboxylic acids is 1. The Bertz CT molecular complexity index is 411. The molecule has 1 aliphatic heterocycles. The van der Waals surface area contributed by atoms with E-state index in [-0.39, 0.29) is 35.0 Å². The van der Waals surface area contributed by atoms with E-state index < -0.39 is 74.3 Å². The zero-order chi connectivity index (χ0) is 18.6. The molecule has 0 saturated carbocycles. The Morgan fingerprint density at radius 1 is 1.04 bits per heavy atom. The molecule has 0 aromatic heterocycles. The number of carbonyl (C=O) groups is 1. The zero-order valence-corrected chi connectivity index (χ0v) is 15.9. The first kappa shape index (κ1) is 28.2. The Hall–Kier alpha value is 0.0300. The van der Waals surface area contributed by atoms with Crippen molar-refractivity contribution in [1.29, 1.82) is 0 Å². The third-order valence-corrected chi connectivity index (χ3v) is 3.62. The van der Waals surface area contributed by atoms with Gasteiger partial charge in [-0.2, -0.15) is 0 Å². The van der Waals surface area contributed by atoms with Gasteiger partial charge in [0.1, 0.15) is 42.7 Å². The van der Waals surface area contributed by atoms with E-state index in [9.17, 15) is 35.4 Å². The van der Waals surface area contributed by atoms with Crippen molar-refractivity contribution in [2.24, 2.45) is 0 Å². The molecule has 0 aliphatic carbocycles. The third-order valence-electron chi connectivity index (χ3n) is 3.62. The molecule has 1 fully saturated rings. The van der Waals surface area contributed by atoms with Crippen LogP contribution in [-0.4, -0.2) is 155 Å². The van der Waals surface area contributed by atoms with E-state index in [2.05, 4.69) is 0 Å². The molecule has 0 aromatic rings. The molecule has 11 N–H and O–H groups in total. The van der Waals surface area contributed by atoms with Crippen molar-refractivity contribution in [1.82, 2.24) is 0 Å². The van der Waals surface area contributed by atoms with Gasteiger partial charge in [0.2, 0.25) is 0 Å². The Morgan fingerprint density at radius 3 is 2.00 bits per heavy atom. The predicted octanol–water partition coefficient (Wildman–Crippen LogP) is -6.87. The standard InChI is InChI=1S/C12H22O12.Na.H2O/c13-1-3(15)10(7(18)8(19)11(21)22)24-12-9(20)6(17)5(16)4(2-14)23-12;;/h3-10,12-20H,1-2H2,(H,21,22);;1H2/t3-,4?,5+,6-,7-,8-,9-,10-,12+;;/m1../s1. The summed E-state index contributed by atoms with van der Waals surface area (Å²) in [5, 5.41) is 84.5. The van der Waals surface area contributed by atoms with Crippen LogP contribution in [0.25, 0.3) is 0 Å². The number of hydrogen-bond acceptors (Lipinski definition) is 11. The third kappa shape index (κ3) is 6.57. The van der Waals surface area contributed by atoms with Crippen molar-refractivity contribution >= 4 is 35.5 Å². The molecular formula is C12H24NaO13. The van der Waals surface area contributed by atoms with Gasteiger partial charge in [0.15, 0.2) is 12.4 Å². The summed E-state index contributed by atoms with van der Waals surface area (Å²) < 4.78 is 9.98. The van der Waals surface area contributed by atoms with Crippen LogP contribution in [-0.2, 0) is 14.3 Å². The molecule has 1 saturated heterocycles. The van der Waals surface area contributed by atoms with Gasteiger partial charge in [0.05, 0.1) is 13.2 Å². The molecule has 0 bridgehead atoms. The van der Waals surface area contributed by atoms with E-state index in [1.165, 1.54) is 0 Å². The summed E-state index contributed by atoms with van der Waals surface area (Å²) in [7, 11) is 0. The first-order valence-corrected chi connectivity index (χ1v) is 6.99. The maximum atomic E-state index is 10.7. The molecule has 0 spiro atoms. The molecule has 0 amide bonds. The fraction of sp³-hybridized carbons (Fsp3) is 0.917. The van der Waals surface area contributed by atoms with Gasteiger partial charge in [-0.05, 0) is 0 Å². The fourth-order valence-corrected chi connectivity index (χ4v) is 2.16. The van der Waals surface area contributed by atoms with E-state index in [4.69, 9.17) is 24.8 Å². The number of ether oxygens (including phenoxy) is 2. The second-order valence-corrected chi connectivity index (χ2v) is 5.32. The van der Waals surface area contributed by atoms with Crippen LogP contribution < -0.4 is 0 Å². The summed E-state index contributed by atoms with van der Waals surface area (Å²) in [4.78, 5) is 10.7. The summed E-state index contributed by atoms with van der Waals surface area (Å²) in [6, 6.07) is 0. The molecule has 0 aromatic carbocycles. The maximum Gasteiger partial charge on any atom is 0.335 e. The van der Waals surface area contributed by atoms with Gasteiger partial charge in [-0.1, -0.05) is 0 Å². The van der Waals surface area contributed by atoms with Crippen molar-refractivity contribution in [3.8, 4) is 0 Å². The van der Waals surface area contributed by atoms with Crippen molar-refractivity contribution in [2.45, 2.75) is 55.1 Å². The fourth-order valence-electron chi connectivity index (χ4n) is 2.16. The molecule has 1 rings (SSSR count). The van der Waals surface area contributed by atoms with Gasteiger partial charge in [-0.25, -0.2) is 4.79 Å². The van der Waals surface area contributed by atoms with Gasteiger partial charge < -0.3 is 60.9 Å². The molecule has 14 heteroatoms. The first-order valence-electron chi connectivity index (χ1n) is 6.99. The minimum atomic E-state index is -2.39. The van der Waals surface area contributed by atoms with Crippen molar-refractivity contribution in [2.75, 3.05) is 13.2 Å². The molecule has 1 unspecified atom stereocenters. The molecule has 26 heavy (non-hydrogen) atoms. The number of carboxylic acid groups (broad SMARTS) is 1. The van der Waals surface area contributed by atoms with Gasteiger partial charge in [-0.15, -0.1) is 0 Å². The largest absolute Gasteiger partial charge is 0.479 e. The minimum Gasteiger partial charge on any atom is -0.479 e. The maximum absolute atomic E-state index is 10.7. The summed E-state index contributed by atoms with van der Waals surface area (Å²) in [5.41, 5.74) is 0. The Morgan fingerprint density at radius 2 is 1.58 bits per heavy atom. The van der Waals surface area contributed by atoms with Crippen LogP contribution in [0.5, 0.6) is 0 Å². The zero-order valence-electron chi connectivity index (χ0n) is 13.9. The van der Waals surface area contributed by atoms with Crippen molar-refractivity contribution in [3.05, 3.63) is 0 Å². The summed E-state index contributed by atoms with van der Waals surface area (Å²) in [6.45, 7) is -1.76. The van der Waals surface area contributed by atoms with E-state index in [0.717, 1.165) is 0 Å². The van der Waals surface area contributed by atoms with Crippen LogP contribution in [0, 0.1) is 0 Å². The number of aliphatic hydroxyl groups excluding tert-OH is 8. The van der Waals surface area contributed by atoms with Crippen LogP contribution in [0.2, 0.25) is 0 Å². The van der Waals surface area contributed by atoms with E-state index in [1.54, 1.807) is 0 Å². The van der Waals surface area contributed by atoms with Gasteiger partial charge >= 0.3 is 5.97 Å². The smallest absolute Gasteiger partial charge is 0.335 e. The van der Waals surface area contributed by atoms with Crippen LogP contribution in [0.1, 0.15) is 0 Å². The van der Waals surface area contributed by atoms with E-state index in [0.29, 0.717) is 0 Å². The molecule has 13 nitrogen and oxygen atoms in total. The van der Waals surface area contributed by atoms with Crippen molar-refractivity contribution in [3.63, 3.8) is 0 Å². The first-order chi connectivity index (χ1) is 11.1. The van der Waals surface area contributed by atoms with Crippen LogP contribution in [0.3, 0.4) is 0 Å². The normalized spacial score (nSPS) is 33.2. The van der Waals surface area contributed by atoms with Crippen molar-refractivity contribution < 1.29 is 65.7 Å². The second kappa shape index (κ2) is 12.5. The van der Waals surface area contributed by atoms with Crippen LogP contribution in [0.15, 0.2) is 0 Å². The number of aliphatic hydroxyl groups is 8. The molecule has 1 heterocycles. The topological polar surface area (TPSA) is 249 Å². The predicted molar refractivity (Wildman–Crippen MR) is 80.8 cm³/mol. The van der Waals surface area contributed by atoms with Crippen LogP contribution in [0.4, 0.5) is 0 Å². The minimum absolute atomic E-state index is 0.